The van der Waals surface area contributed by atoms with Crippen molar-refractivity contribution in [3.63, 3.8) is 0 Å². The molecule has 0 fully saturated rings. The zero-order valence-corrected chi connectivity index (χ0v) is 16.3. The van der Waals surface area contributed by atoms with Crippen LogP contribution in [0.3, 0.4) is 0 Å². The molecule has 1 aliphatic rings. The Morgan fingerprint density at radius 1 is 0.964 bits per heavy atom. The Kier molecular flexibility index (Phi) is 5.54. The van der Waals surface area contributed by atoms with Crippen LogP contribution in [0, 0.1) is 0 Å². The topological polar surface area (TPSA) is 33.5 Å². The van der Waals surface area contributed by atoms with Crippen molar-refractivity contribution in [2.75, 3.05) is 18.9 Å². The van der Waals surface area contributed by atoms with Crippen molar-refractivity contribution in [3.8, 4) is 11.1 Å². The molecule has 2 atom stereocenters. The SMILES string of the molecule is C[NH+](CC(=O)Nc1ccccc1-c1ccccc1)[C@@H]1CCCc2ccccc21. The second-order valence-electron chi connectivity index (χ2n) is 7.63. The average Bonchev–Trinajstić information content (AvgIpc) is 2.74. The molecular formula is C25H27N2O+. The third-order valence-corrected chi connectivity index (χ3v) is 5.69. The number of quaternary nitrogens is 1. The number of aryl methyl sites for hydroxylation is 1. The Hall–Kier alpha value is -2.91. The number of benzene rings is 3. The Bertz CT molecular complexity index is 952. The maximum atomic E-state index is 12.8. The molecule has 142 valence electrons. The summed E-state index contributed by atoms with van der Waals surface area (Å²) in [6.45, 7) is 0.460. The summed E-state index contributed by atoms with van der Waals surface area (Å²) in [4.78, 5) is 14.1. The van der Waals surface area contributed by atoms with E-state index in [1.807, 2.05) is 36.4 Å². The number of amides is 1. The molecule has 3 aromatic rings. The lowest BCUT2D eigenvalue weighted by Gasteiger charge is -2.30. The number of likely N-dealkylation sites (N-methyl/N-ethyl adjacent to an activating group) is 1. The predicted molar refractivity (Wildman–Crippen MR) is 114 cm³/mol. The quantitative estimate of drug-likeness (QED) is 0.701. The molecule has 0 saturated carbocycles. The normalized spacial score (nSPS) is 16.8. The molecule has 0 aliphatic heterocycles. The molecule has 0 spiro atoms. The Morgan fingerprint density at radius 3 is 2.54 bits per heavy atom. The minimum atomic E-state index is 0.0592. The van der Waals surface area contributed by atoms with Crippen molar-refractivity contribution in [2.45, 2.75) is 25.3 Å². The van der Waals surface area contributed by atoms with E-state index >= 15 is 0 Å². The fourth-order valence-corrected chi connectivity index (χ4v) is 4.30. The van der Waals surface area contributed by atoms with E-state index in [2.05, 4.69) is 54.8 Å². The van der Waals surface area contributed by atoms with Gasteiger partial charge in [0.25, 0.3) is 5.91 Å². The first kappa shape index (κ1) is 18.5. The second kappa shape index (κ2) is 8.41. The average molecular weight is 372 g/mol. The van der Waals surface area contributed by atoms with Crippen LogP contribution in [0.5, 0.6) is 0 Å². The van der Waals surface area contributed by atoms with Gasteiger partial charge in [0.15, 0.2) is 6.54 Å². The van der Waals surface area contributed by atoms with Crippen LogP contribution in [-0.2, 0) is 11.2 Å². The summed E-state index contributed by atoms with van der Waals surface area (Å²) in [6, 6.07) is 27.3. The van der Waals surface area contributed by atoms with Gasteiger partial charge in [0.2, 0.25) is 0 Å². The van der Waals surface area contributed by atoms with Crippen LogP contribution in [-0.4, -0.2) is 19.5 Å². The van der Waals surface area contributed by atoms with Gasteiger partial charge >= 0.3 is 0 Å². The van der Waals surface area contributed by atoms with Crippen molar-refractivity contribution in [1.82, 2.24) is 0 Å². The van der Waals surface area contributed by atoms with Gasteiger partial charge < -0.3 is 10.2 Å². The van der Waals surface area contributed by atoms with Gasteiger partial charge in [0.1, 0.15) is 6.04 Å². The van der Waals surface area contributed by atoms with Gasteiger partial charge in [-0.25, -0.2) is 0 Å². The third kappa shape index (κ3) is 4.00. The van der Waals surface area contributed by atoms with Crippen molar-refractivity contribution in [3.05, 3.63) is 90.0 Å². The molecular weight excluding hydrogens is 344 g/mol. The number of anilines is 1. The number of fused-ring (bicyclic) bond motifs is 1. The van der Waals surface area contributed by atoms with Gasteiger partial charge in [0.05, 0.1) is 7.05 Å². The minimum Gasteiger partial charge on any atom is -0.323 e. The highest BCUT2D eigenvalue weighted by atomic mass is 16.2. The van der Waals surface area contributed by atoms with Crippen molar-refractivity contribution < 1.29 is 9.69 Å². The first-order valence-electron chi connectivity index (χ1n) is 10.1. The lowest BCUT2D eigenvalue weighted by molar-refractivity contribution is -0.905. The molecule has 3 heteroatoms. The zero-order chi connectivity index (χ0) is 19.3. The Morgan fingerprint density at radius 2 is 1.68 bits per heavy atom. The summed E-state index contributed by atoms with van der Waals surface area (Å²) in [5, 5.41) is 3.14. The number of hydrogen-bond acceptors (Lipinski definition) is 1. The van der Waals surface area contributed by atoms with E-state index in [0.29, 0.717) is 12.6 Å². The smallest absolute Gasteiger partial charge is 0.279 e. The summed E-state index contributed by atoms with van der Waals surface area (Å²) in [5.74, 6) is 0.0592. The molecule has 0 saturated heterocycles. The maximum Gasteiger partial charge on any atom is 0.279 e. The predicted octanol–water partition coefficient (Wildman–Crippen LogP) is 3.88. The Balaban J connectivity index is 1.48. The third-order valence-electron chi connectivity index (χ3n) is 5.69. The van der Waals surface area contributed by atoms with Crippen LogP contribution in [0.2, 0.25) is 0 Å². The molecule has 1 aliphatic carbocycles. The van der Waals surface area contributed by atoms with Gasteiger partial charge in [-0.15, -0.1) is 0 Å². The molecule has 3 nitrogen and oxygen atoms in total. The highest BCUT2D eigenvalue weighted by Gasteiger charge is 2.28. The summed E-state index contributed by atoms with van der Waals surface area (Å²) in [6.07, 6.45) is 3.48. The molecule has 0 radical (unpaired) electrons. The number of carbonyl (C=O) groups excluding carboxylic acids is 1. The lowest BCUT2D eigenvalue weighted by atomic mass is 9.87. The standard InChI is InChI=1S/C25H26N2O/c1-27(24-17-9-13-20-12-5-6-15-22(20)24)18-25(28)26-23-16-8-7-14-21(23)19-10-3-2-4-11-19/h2-8,10-12,14-16,24H,9,13,17-18H2,1H3,(H,26,28)/p+1/t24-/m1/s1. The summed E-state index contributed by atoms with van der Waals surface area (Å²) in [7, 11) is 2.13. The van der Waals surface area contributed by atoms with E-state index < -0.39 is 0 Å². The first-order chi connectivity index (χ1) is 13.7. The first-order valence-corrected chi connectivity index (χ1v) is 10.1. The number of carbonyl (C=O) groups is 1. The van der Waals surface area contributed by atoms with Crippen LogP contribution in [0.1, 0.15) is 30.0 Å². The van der Waals surface area contributed by atoms with Crippen molar-refractivity contribution in [2.24, 2.45) is 0 Å². The van der Waals surface area contributed by atoms with E-state index in [4.69, 9.17) is 0 Å². The van der Waals surface area contributed by atoms with E-state index in [1.54, 1.807) is 0 Å². The fourth-order valence-electron chi connectivity index (χ4n) is 4.30. The second-order valence-corrected chi connectivity index (χ2v) is 7.63. The number of para-hydroxylation sites is 1. The van der Waals surface area contributed by atoms with Crippen LogP contribution < -0.4 is 10.2 Å². The highest BCUT2D eigenvalue weighted by molar-refractivity contribution is 5.96. The Labute approximate surface area is 167 Å². The maximum absolute atomic E-state index is 12.8. The van der Waals surface area contributed by atoms with E-state index in [-0.39, 0.29) is 5.91 Å². The summed E-state index contributed by atoms with van der Waals surface area (Å²) >= 11 is 0. The van der Waals surface area contributed by atoms with Crippen molar-refractivity contribution >= 4 is 11.6 Å². The van der Waals surface area contributed by atoms with Gasteiger partial charge in [0, 0.05) is 23.2 Å². The van der Waals surface area contributed by atoms with Crippen LogP contribution >= 0.6 is 0 Å². The van der Waals surface area contributed by atoms with Gasteiger partial charge in [-0.1, -0.05) is 72.8 Å². The molecule has 4 rings (SSSR count). The number of nitrogens with one attached hydrogen (secondary N) is 2. The monoisotopic (exact) mass is 371 g/mol. The molecule has 2 N–H and O–H groups in total. The summed E-state index contributed by atoms with van der Waals surface area (Å²) in [5.41, 5.74) is 5.88. The molecule has 0 bridgehead atoms. The molecule has 3 aromatic carbocycles. The van der Waals surface area contributed by atoms with Gasteiger partial charge in [-0.05, 0) is 30.0 Å². The minimum absolute atomic E-state index is 0.0592. The van der Waals surface area contributed by atoms with Gasteiger partial charge in [-0.3, -0.25) is 4.79 Å². The molecule has 1 unspecified atom stereocenters. The van der Waals surface area contributed by atoms with E-state index in [1.165, 1.54) is 22.4 Å². The molecule has 28 heavy (non-hydrogen) atoms. The highest BCUT2D eigenvalue weighted by Crippen LogP contribution is 2.28. The van der Waals surface area contributed by atoms with Gasteiger partial charge in [-0.2, -0.15) is 0 Å². The lowest BCUT2D eigenvalue weighted by Crippen LogP contribution is -3.10. The molecule has 0 aromatic heterocycles. The van der Waals surface area contributed by atoms with E-state index in [9.17, 15) is 4.79 Å². The zero-order valence-electron chi connectivity index (χ0n) is 16.3. The van der Waals surface area contributed by atoms with Crippen LogP contribution in [0.25, 0.3) is 11.1 Å². The largest absolute Gasteiger partial charge is 0.323 e. The van der Waals surface area contributed by atoms with E-state index in [0.717, 1.165) is 29.7 Å². The molecule has 0 heterocycles. The molecule has 1 amide bonds. The van der Waals surface area contributed by atoms with Crippen LogP contribution in [0.15, 0.2) is 78.9 Å². The van der Waals surface area contributed by atoms with Crippen LogP contribution in [0.4, 0.5) is 5.69 Å². The fraction of sp³-hybridized carbons (Fsp3) is 0.240. The number of hydrogen-bond donors (Lipinski definition) is 2. The summed E-state index contributed by atoms with van der Waals surface area (Å²) < 4.78 is 0. The number of rotatable bonds is 5. The van der Waals surface area contributed by atoms with Crippen molar-refractivity contribution in [1.29, 1.82) is 0 Å².